The van der Waals surface area contributed by atoms with Crippen LogP contribution in [0.5, 0.6) is 5.75 Å². The summed E-state index contributed by atoms with van der Waals surface area (Å²) in [7, 11) is -2.78. The summed E-state index contributed by atoms with van der Waals surface area (Å²) in [6.45, 7) is 0. The molecule has 2 N–H and O–H groups in total. The molecule has 0 saturated carbocycles. The highest BCUT2D eigenvalue weighted by atomic mass is 32.2. The number of nitro groups is 2. The molecule has 0 aliphatic heterocycles. The van der Waals surface area contributed by atoms with E-state index in [2.05, 4.69) is 15.2 Å². The minimum atomic E-state index is -4.16. The second kappa shape index (κ2) is 9.74. The standard InChI is InChI=1S/C20H17N5O7S/c1-32-20-8-3-2-7-18(20)23-33(30,31)16-9-10-17(19(12-16)25(28)29)22-21-13-14-5-4-6-15(11-14)24(26)27/h2-13,22-23H,1H3/b21-13+. The second-order valence-corrected chi connectivity index (χ2v) is 8.15. The molecule has 12 nitrogen and oxygen atoms in total. The van der Waals surface area contributed by atoms with Gasteiger partial charge in [0.2, 0.25) is 0 Å². The first-order valence-electron chi connectivity index (χ1n) is 9.19. The zero-order valence-corrected chi connectivity index (χ0v) is 17.9. The number of anilines is 2. The van der Waals surface area contributed by atoms with Gasteiger partial charge in [0.15, 0.2) is 0 Å². The van der Waals surface area contributed by atoms with Gasteiger partial charge in [-0.1, -0.05) is 24.3 Å². The molecule has 0 atom stereocenters. The number of methoxy groups -OCH3 is 1. The third-order valence-electron chi connectivity index (χ3n) is 4.31. The van der Waals surface area contributed by atoms with Gasteiger partial charge in [0.1, 0.15) is 11.4 Å². The molecule has 0 aliphatic rings. The first-order chi connectivity index (χ1) is 15.7. The lowest BCUT2D eigenvalue weighted by molar-refractivity contribution is -0.384. The van der Waals surface area contributed by atoms with Crippen LogP contribution in [-0.2, 0) is 10.0 Å². The highest BCUT2D eigenvalue weighted by Gasteiger charge is 2.22. The van der Waals surface area contributed by atoms with Gasteiger partial charge >= 0.3 is 0 Å². The Bertz CT molecular complexity index is 1340. The Balaban J connectivity index is 1.85. The van der Waals surface area contributed by atoms with Gasteiger partial charge in [-0.15, -0.1) is 0 Å². The monoisotopic (exact) mass is 471 g/mol. The van der Waals surface area contributed by atoms with Gasteiger partial charge < -0.3 is 4.74 Å². The summed E-state index contributed by atoms with van der Waals surface area (Å²) in [4.78, 5) is 20.7. The number of para-hydroxylation sites is 2. The van der Waals surface area contributed by atoms with E-state index in [1.54, 1.807) is 24.3 Å². The molecule has 0 amide bonds. The summed E-state index contributed by atoms with van der Waals surface area (Å²) in [6, 6.07) is 15.2. The third kappa shape index (κ3) is 5.59. The number of nitro benzene ring substituents is 2. The number of non-ortho nitro benzene ring substituents is 1. The molecule has 3 aromatic rings. The van der Waals surface area contributed by atoms with E-state index in [9.17, 15) is 28.6 Å². The van der Waals surface area contributed by atoms with E-state index in [0.717, 1.165) is 6.07 Å². The summed E-state index contributed by atoms with van der Waals surface area (Å²) < 4.78 is 32.9. The van der Waals surface area contributed by atoms with Gasteiger partial charge in [-0.25, -0.2) is 8.42 Å². The molecule has 0 radical (unpaired) electrons. The maximum Gasteiger partial charge on any atom is 0.295 e. The number of hydrogen-bond donors (Lipinski definition) is 2. The molecule has 0 heterocycles. The summed E-state index contributed by atoms with van der Waals surface area (Å²) >= 11 is 0. The van der Waals surface area contributed by atoms with E-state index in [-0.39, 0.29) is 27.7 Å². The van der Waals surface area contributed by atoms with Crippen molar-refractivity contribution >= 4 is 39.0 Å². The molecule has 0 fully saturated rings. The molecule has 0 aliphatic carbocycles. The van der Waals surface area contributed by atoms with Crippen molar-refractivity contribution in [2.24, 2.45) is 5.10 Å². The van der Waals surface area contributed by atoms with Crippen LogP contribution in [0, 0.1) is 20.2 Å². The maximum absolute atomic E-state index is 12.7. The number of rotatable bonds is 9. The number of hydrazone groups is 1. The predicted octanol–water partition coefficient (Wildman–Crippen LogP) is 3.76. The van der Waals surface area contributed by atoms with E-state index < -0.39 is 25.6 Å². The van der Waals surface area contributed by atoms with Crippen LogP contribution in [0.15, 0.2) is 76.7 Å². The molecule has 0 spiro atoms. The zero-order chi connectivity index (χ0) is 24.0. The number of benzene rings is 3. The van der Waals surface area contributed by atoms with Crippen molar-refractivity contribution in [3.63, 3.8) is 0 Å². The Hall–Kier alpha value is -4.52. The Morgan fingerprint density at radius 3 is 2.39 bits per heavy atom. The van der Waals surface area contributed by atoms with Crippen LogP contribution in [0.1, 0.15) is 5.56 Å². The largest absolute Gasteiger partial charge is 0.495 e. The van der Waals surface area contributed by atoms with Crippen molar-refractivity contribution in [3.8, 4) is 5.75 Å². The molecule has 0 saturated heterocycles. The van der Waals surface area contributed by atoms with Crippen LogP contribution in [0.2, 0.25) is 0 Å². The highest BCUT2D eigenvalue weighted by molar-refractivity contribution is 7.92. The molecule has 0 unspecified atom stereocenters. The number of ether oxygens (including phenoxy) is 1. The van der Waals surface area contributed by atoms with Crippen molar-refractivity contribution in [1.29, 1.82) is 0 Å². The average molecular weight is 471 g/mol. The van der Waals surface area contributed by atoms with E-state index >= 15 is 0 Å². The minimum Gasteiger partial charge on any atom is -0.495 e. The van der Waals surface area contributed by atoms with Crippen molar-refractivity contribution in [3.05, 3.63) is 92.5 Å². The Morgan fingerprint density at radius 1 is 0.939 bits per heavy atom. The number of nitrogens with one attached hydrogen (secondary N) is 2. The molecule has 3 aromatic carbocycles. The molecule has 13 heteroatoms. The lowest BCUT2D eigenvalue weighted by Gasteiger charge is -2.12. The van der Waals surface area contributed by atoms with E-state index in [0.29, 0.717) is 5.56 Å². The summed E-state index contributed by atoms with van der Waals surface area (Å²) in [5.41, 5.74) is 2.28. The summed E-state index contributed by atoms with van der Waals surface area (Å²) in [5, 5.41) is 26.2. The SMILES string of the molecule is COc1ccccc1NS(=O)(=O)c1ccc(N/N=C/c2cccc([N+](=O)[O-])c2)c([N+](=O)[O-])c1. The van der Waals surface area contributed by atoms with Crippen LogP contribution in [0.3, 0.4) is 0 Å². The minimum absolute atomic E-state index is 0.0714. The lowest BCUT2D eigenvalue weighted by Crippen LogP contribution is -2.14. The van der Waals surface area contributed by atoms with Gasteiger partial charge in [-0.2, -0.15) is 5.10 Å². The van der Waals surface area contributed by atoms with Crippen molar-refractivity contribution in [2.45, 2.75) is 4.90 Å². The first kappa shape index (κ1) is 23.1. The second-order valence-electron chi connectivity index (χ2n) is 6.46. The number of nitrogens with zero attached hydrogens (tertiary/aromatic N) is 3. The quantitative estimate of drug-likeness (QED) is 0.270. The fourth-order valence-corrected chi connectivity index (χ4v) is 3.84. The molecule has 0 bridgehead atoms. The molecule has 170 valence electrons. The van der Waals surface area contributed by atoms with E-state index in [4.69, 9.17) is 4.74 Å². The van der Waals surface area contributed by atoms with Crippen LogP contribution in [0.4, 0.5) is 22.7 Å². The average Bonchev–Trinajstić information content (AvgIpc) is 2.79. The van der Waals surface area contributed by atoms with E-state index in [1.165, 1.54) is 49.7 Å². The summed E-state index contributed by atoms with van der Waals surface area (Å²) in [6.07, 6.45) is 1.24. The van der Waals surface area contributed by atoms with Gasteiger partial charge in [-0.3, -0.25) is 30.4 Å². The Morgan fingerprint density at radius 2 is 1.70 bits per heavy atom. The van der Waals surface area contributed by atoms with Gasteiger partial charge in [0, 0.05) is 23.8 Å². The van der Waals surface area contributed by atoms with Crippen molar-refractivity contribution in [2.75, 3.05) is 17.3 Å². The highest BCUT2D eigenvalue weighted by Crippen LogP contribution is 2.30. The number of hydrogen-bond acceptors (Lipinski definition) is 9. The predicted molar refractivity (Wildman–Crippen MR) is 121 cm³/mol. The van der Waals surface area contributed by atoms with Gasteiger partial charge in [0.05, 0.1) is 33.8 Å². The lowest BCUT2D eigenvalue weighted by atomic mass is 10.2. The third-order valence-corrected chi connectivity index (χ3v) is 5.67. The molecular weight excluding hydrogens is 454 g/mol. The zero-order valence-electron chi connectivity index (χ0n) is 17.0. The fourth-order valence-electron chi connectivity index (χ4n) is 2.75. The fraction of sp³-hybridized carbons (Fsp3) is 0.0500. The van der Waals surface area contributed by atoms with Crippen molar-refractivity contribution in [1.82, 2.24) is 0 Å². The Labute approximate surface area is 187 Å². The summed E-state index contributed by atoms with van der Waals surface area (Å²) in [5.74, 6) is 0.282. The first-order valence-corrected chi connectivity index (χ1v) is 10.7. The van der Waals surface area contributed by atoms with Crippen LogP contribution < -0.4 is 14.9 Å². The smallest absolute Gasteiger partial charge is 0.295 e. The normalized spacial score (nSPS) is 11.2. The van der Waals surface area contributed by atoms with Gasteiger partial charge in [0.25, 0.3) is 21.4 Å². The maximum atomic E-state index is 12.7. The van der Waals surface area contributed by atoms with Gasteiger partial charge in [-0.05, 0) is 24.3 Å². The molecule has 3 rings (SSSR count). The molecule has 33 heavy (non-hydrogen) atoms. The van der Waals surface area contributed by atoms with Crippen LogP contribution in [0.25, 0.3) is 0 Å². The molecule has 0 aromatic heterocycles. The Kier molecular flexibility index (Phi) is 6.83. The van der Waals surface area contributed by atoms with Crippen LogP contribution in [-0.4, -0.2) is 31.6 Å². The van der Waals surface area contributed by atoms with Crippen LogP contribution >= 0.6 is 0 Å². The topological polar surface area (TPSA) is 166 Å². The molecular formula is C20H17N5O7S. The number of sulfonamides is 1. The van der Waals surface area contributed by atoms with E-state index in [1.807, 2.05) is 0 Å². The van der Waals surface area contributed by atoms with Crippen molar-refractivity contribution < 1.29 is 23.0 Å².